The molecule has 0 amide bonds. The fourth-order valence-electron chi connectivity index (χ4n) is 3.88. The highest BCUT2D eigenvalue weighted by Crippen LogP contribution is 2.26. The van der Waals surface area contributed by atoms with Crippen molar-refractivity contribution in [2.75, 3.05) is 19.6 Å². The number of halogens is 1. The topological polar surface area (TPSA) is 21.1 Å². The van der Waals surface area contributed by atoms with E-state index >= 15 is 0 Å². The largest absolute Gasteiger partial charge is 0.324 e. The van der Waals surface area contributed by atoms with Crippen molar-refractivity contribution in [2.24, 2.45) is 0 Å². The number of piperidine rings is 1. The summed E-state index contributed by atoms with van der Waals surface area (Å²) in [6, 6.07) is 16.9. The Bertz CT molecular complexity index is 878. The Morgan fingerprint density at radius 2 is 1.85 bits per heavy atom. The molecule has 0 radical (unpaired) electrons. The van der Waals surface area contributed by atoms with Gasteiger partial charge in [0.1, 0.15) is 12.0 Å². The van der Waals surface area contributed by atoms with Gasteiger partial charge in [-0.3, -0.25) is 0 Å². The van der Waals surface area contributed by atoms with E-state index in [-0.39, 0.29) is 0 Å². The maximum atomic E-state index is 13.3. The summed E-state index contributed by atoms with van der Waals surface area (Å²) in [5.74, 6) is 1.04. The van der Waals surface area contributed by atoms with Crippen LogP contribution in [0.2, 0.25) is 0 Å². The molecule has 2 heterocycles. The van der Waals surface area contributed by atoms with Crippen molar-refractivity contribution in [3.8, 4) is 11.4 Å². The first-order chi connectivity index (χ1) is 12.7. The van der Waals surface area contributed by atoms with Crippen molar-refractivity contribution in [1.29, 1.82) is 0 Å². The van der Waals surface area contributed by atoms with E-state index in [1.54, 1.807) is 0 Å². The van der Waals surface area contributed by atoms with Crippen LogP contribution >= 0.6 is 0 Å². The van der Waals surface area contributed by atoms with Crippen LogP contribution in [0.3, 0.4) is 0 Å². The molecular weight excluding hydrogens is 325 g/mol. The monoisotopic (exact) mass is 351 g/mol. The molecule has 0 aliphatic carbocycles. The highest BCUT2D eigenvalue weighted by Gasteiger charge is 2.18. The average Bonchev–Trinajstić information content (AvgIpc) is 3.02. The van der Waals surface area contributed by atoms with Crippen molar-refractivity contribution in [2.45, 2.75) is 38.9 Å². The third kappa shape index (κ3) is 3.65. The van der Waals surface area contributed by atoms with Gasteiger partial charge in [-0.25, -0.2) is 9.37 Å². The lowest BCUT2D eigenvalue weighted by molar-refractivity contribution is 0.148. The van der Waals surface area contributed by atoms with Crippen molar-refractivity contribution in [1.82, 2.24) is 14.5 Å². The Morgan fingerprint density at radius 3 is 2.65 bits per heavy atom. The first-order valence-electron chi connectivity index (χ1n) is 9.59. The van der Waals surface area contributed by atoms with Crippen molar-refractivity contribution in [3.63, 3.8) is 0 Å². The average molecular weight is 351 g/mol. The number of aromatic nitrogens is 2. The summed E-state index contributed by atoms with van der Waals surface area (Å²) in [5, 5.41) is 0. The lowest BCUT2D eigenvalue weighted by Crippen LogP contribution is -2.35. The summed E-state index contributed by atoms with van der Waals surface area (Å²) in [6.07, 6.45) is 1.82. The zero-order chi connectivity index (χ0) is 17.9. The molecule has 4 heteroatoms. The molecule has 0 unspecified atom stereocenters. The van der Waals surface area contributed by atoms with Crippen LogP contribution in [0.25, 0.3) is 22.4 Å². The highest BCUT2D eigenvalue weighted by molar-refractivity contribution is 5.80. The number of likely N-dealkylation sites (tertiary alicyclic amines) is 1. The molecule has 3 aromatic rings. The van der Waals surface area contributed by atoms with Gasteiger partial charge in [0, 0.05) is 25.2 Å². The molecule has 0 N–H and O–H groups in total. The molecule has 3 nitrogen and oxygen atoms in total. The molecule has 136 valence electrons. The summed E-state index contributed by atoms with van der Waals surface area (Å²) in [6.45, 7) is 5.84. The number of fused-ring (bicyclic) bond motifs is 1. The van der Waals surface area contributed by atoms with Gasteiger partial charge < -0.3 is 9.47 Å². The fraction of sp³-hybridized carbons (Fsp3) is 0.409. The smallest absolute Gasteiger partial charge is 0.141 e. The molecule has 0 spiro atoms. The maximum Gasteiger partial charge on any atom is 0.141 e. The molecule has 1 saturated heterocycles. The summed E-state index contributed by atoms with van der Waals surface area (Å²) in [4.78, 5) is 7.29. The van der Waals surface area contributed by atoms with Crippen LogP contribution < -0.4 is 0 Å². The van der Waals surface area contributed by atoms with Gasteiger partial charge >= 0.3 is 0 Å². The van der Waals surface area contributed by atoms with Crippen LogP contribution in [0.15, 0.2) is 48.5 Å². The Labute approximate surface area is 154 Å². The maximum absolute atomic E-state index is 13.3. The molecule has 1 aromatic heterocycles. The number of benzene rings is 2. The van der Waals surface area contributed by atoms with E-state index in [1.165, 1.54) is 16.6 Å². The van der Waals surface area contributed by atoms with Crippen LogP contribution in [-0.2, 0) is 6.54 Å². The van der Waals surface area contributed by atoms with Gasteiger partial charge in [0.2, 0.25) is 0 Å². The lowest BCUT2D eigenvalue weighted by atomic mass is 10.1. The number of nitrogens with zero attached hydrogens (tertiary/aromatic N) is 3. The number of aryl methyl sites for hydroxylation is 2. The lowest BCUT2D eigenvalue weighted by Gasteiger charge is -2.28. The molecular formula is C22H26FN3. The van der Waals surface area contributed by atoms with Crippen LogP contribution in [-0.4, -0.2) is 40.3 Å². The molecule has 2 aromatic carbocycles. The molecule has 26 heavy (non-hydrogen) atoms. The third-order valence-electron chi connectivity index (χ3n) is 5.30. The van der Waals surface area contributed by atoms with E-state index < -0.39 is 6.17 Å². The first-order valence-corrected chi connectivity index (χ1v) is 9.59. The minimum absolute atomic E-state index is 0.600. The van der Waals surface area contributed by atoms with Crippen molar-refractivity contribution in [3.05, 3.63) is 54.1 Å². The van der Waals surface area contributed by atoms with Crippen LogP contribution in [0.1, 0.15) is 24.8 Å². The zero-order valence-corrected chi connectivity index (χ0v) is 15.4. The fourth-order valence-corrected chi connectivity index (χ4v) is 3.88. The Morgan fingerprint density at radius 1 is 1.04 bits per heavy atom. The SMILES string of the molecule is Cc1cccc(-c2nc3ccccc3n2CCCN2CCC(F)CC2)c1. The molecule has 4 rings (SSSR count). The van der Waals surface area contributed by atoms with Gasteiger partial charge in [-0.1, -0.05) is 35.9 Å². The van der Waals surface area contributed by atoms with Crippen molar-refractivity contribution < 1.29 is 4.39 Å². The normalized spacial score (nSPS) is 16.4. The number of alkyl halides is 1. The van der Waals surface area contributed by atoms with E-state index in [0.717, 1.165) is 43.9 Å². The zero-order valence-electron chi connectivity index (χ0n) is 15.4. The number of hydrogen-bond donors (Lipinski definition) is 0. The standard InChI is InChI=1S/C22H26FN3/c1-17-6-4-7-18(16-17)22-24-20-8-2-3-9-21(20)26(22)13-5-12-25-14-10-19(23)11-15-25/h2-4,6-9,16,19H,5,10-15H2,1H3. The van der Waals surface area contributed by atoms with Crippen LogP contribution in [0.4, 0.5) is 4.39 Å². The predicted octanol–water partition coefficient (Wildman–Crippen LogP) is 4.84. The number of hydrogen-bond acceptors (Lipinski definition) is 2. The number of para-hydroxylation sites is 2. The molecule has 0 bridgehead atoms. The number of rotatable bonds is 5. The second-order valence-corrected chi connectivity index (χ2v) is 7.32. The molecule has 1 fully saturated rings. The van der Waals surface area contributed by atoms with Gasteiger partial charge in [-0.2, -0.15) is 0 Å². The predicted molar refractivity (Wildman–Crippen MR) is 105 cm³/mol. The summed E-state index contributed by atoms with van der Waals surface area (Å²) >= 11 is 0. The van der Waals surface area contributed by atoms with E-state index in [1.807, 2.05) is 6.07 Å². The highest BCUT2D eigenvalue weighted by atomic mass is 19.1. The van der Waals surface area contributed by atoms with Crippen molar-refractivity contribution >= 4 is 11.0 Å². The quantitative estimate of drug-likeness (QED) is 0.656. The molecule has 0 saturated carbocycles. The van der Waals surface area contributed by atoms with Gasteiger partial charge in [0.15, 0.2) is 0 Å². The summed E-state index contributed by atoms with van der Waals surface area (Å²) < 4.78 is 15.7. The van der Waals surface area contributed by atoms with Gasteiger partial charge in [-0.15, -0.1) is 0 Å². The first kappa shape index (κ1) is 17.2. The second-order valence-electron chi connectivity index (χ2n) is 7.32. The molecule has 0 atom stereocenters. The minimum atomic E-state index is -0.600. The van der Waals surface area contributed by atoms with Gasteiger partial charge in [-0.05, 0) is 50.9 Å². The Kier molecular flexibility index (Phi) is 5.02. The van der Waals surface area contributed by atoms with Crippen LogP contribution in [0, 0.1) is 6.92 Å². The van der Waals surface area contributed by atoms with E-state index in [2.05, 4.69) is 58.9 Å². The Balaban J connectivity index is 1.56. The molecule has 1 aliphatic rings. The van der Waals surface area contributed by atoms with E-state index in [0.29, 0.717) is 12.8 Å². The number of imidazole rings is 1. The Hall–Kier alpha value is -2.20. The third-order valence-corrected chi connectivity index (χ3v) is 5.30. The summed E-state index contributed by atoms with van der Waals surface area (Å²) in [7, 11) is 0. The van der Waals surface area contributed by atoms with Gasteiger partial charge in [0.25, 0.3) is 0 Å². The van der Waals surface area contributed by atoms with Crippen LogP contribution in [0.5, 0.6) is 0 Å². The van der Waals surface area contributed by atoms with Gasteiger partial charge in [0.05, 0.1) is 11.0 Å². The van der Waals surface area contributed by atoms with E-state index in [4.69, 9.17) is 4.98 Å². The second kappa shape index (κ2) is 7.58. The van der Waals surface area contributed by atoms with E-state index in [9.17, 15) is 4.39 Å². The molecule has 1 aliphatic heterocycles. The minimum Gasteiger partial charge on any atom is -0.324 e. The summed E-state index contributed by atoms with van der Waals surface area (Å²) in [5.41, 5.74) is 4.64.